The van der Waals surface area contributed by atoms with Crippen molar-refractivity contribution in [3.63, 3.8) is 0 Å². The largest absolute Gasteiger partial charge is 0.358 e. The van der Waals surface area contributed by atoms with Crippen LogP contribution in [0.2, 0.25) is 0 Å². The van der Waals surface area contributed by atoms with Crippen molar-refractivity contribution in [2.45, 2.75) is 20.0 Å². The predicted octanol–water partition coefficient (Wildman–Crippen LogP) is 3.26. The maximum atomic E-state index is 12.9. The number of nitrogens with zero attached hydrogens (tertiary/aromatic N) is 3. The van der Waals surface area contributed by atoms with Gasteiger partial charge >= 0.3 is 0 Å². The summed E-state index contributed by atoms with van der Waals surface area (Å²) in [6, 6.07) is 14.5. The quantitative estimate of drug-likeness (QED) is 0.688. The first-order valence-corrected chi connectivity index (χ1v) is 8.23. The van der Waals surface area contributed by atoms with Crippen LogP contribution in [0.25, 0.3) is 0 Å². The molecule has 0 unspecified atom stereocenters. The van der Waals surface area contributed by atoms with E-state index in [1.165, 1.54) is 17.7 Å². The zero-order valence-corrected chi connectivity index (χ0v) is 14.6. The first kappa shape index (κ1) is 17.0. The molecule has 0 saturated carbocycles. The van der Waals surface area contributed by atoms with E-state index in [-0.39, 0.29) is 5.82 Å². The van der Waals surface area contributed by atoms with E-state index in [0.29, 0.717) is 24.2 Å². The van der Waals surface area contributed by atoms with E-state index in [0.717, 1.165) is 11.1 Å². The first-order valence-electron chi connectivity index (χ1n) is 7.83. The summed E-state index contributed by atoms with van der Waals surface area (Å²) < 4.78 is 14.6. The van der Waals surface area contributed by atoms with Gasteiger partial charge in [0.05, 0.1) is 6.54 Å². The minimum absolute atomic E-state index is 0.255. The Morgan fingerprint density at radius 1 is 1.08 bits per heavy atom. The van der Waals surface area contributed by atoms with Crippen LogP contribution in [0.4, 0.5) is 10.3 Å². The number of hydrogen-bond donors (Lipinski definition) is 2. The van der Waals surface area contributed by atoms with Gasteiger partial charge in [0.25, 0.3) is 0 Å². The van der Waals surface area contributed by atoms with Gasteiger partial charge in [-0.2, -0.15) is 0 Å². The maximum absolute atomic E-state index is 12.9. The molecular formula is C18H18FN5S. The Hall–Kier alpha value is -2.80. The summed E-state index contributed by atoms with van der Waals surface area (Å²) in [7, 11) is 0. The molecule has 25 heavy (non-hydrogen) atoms. The molecule has 0 saturated heterocycles. The van der Waals surface area contributed by atoms with E-state index in [2.05, 4.69) is 51.9 Å². The Kier molecular flexibility index (Phi) is 5.35. The van der Waals surface area contributed by atoms with Crippen LogP contribution in [0.1, 0.15) is 16.7 Å². The van der Waals surface area contributed by atoms with E-state index in [4.69, 9.17) is 12.2 Å². The number of aromatic nitrogens is 3. The molecule has 5 nitrogen and oxygen atoms in total. The molecule has 7 heteroatoms. The molecular weight excluding hydrogens is 337 g/mol. The molecule has 2 aromatic carbocycles. The lowest BCUT2D eigenvalue weighted by Gasteiger charge is -2.08. The van der Waals surface area contributed by atoms with Crippen LogP contribution in [-0.2, 0) is 13.1 Å². The van der Waals surface area contributed by atoms with Gasteiger partial charge in [-0.25, -0.2) is 14.1 Å². The van der Waals surface area contributed by atoms with Crippen LogP contribution in [-0.4, -0.2) is 19.9 Å². The lowest BCUT2D eigenvalue weighted by Crippen LogP contribution is -2.28. The maximum Gasteiger partial charge on any atom is 0.248 e. The fourth-order valence-electron chi connectivity index (χ4n) is 2.24. The van der Waals surface area contributed by atoms with Gasteiger partial charge in [0, 0.05) is 6.54 Å². The molecule has 3 rings (SSSR count). The number of hydrogen-bond acceptors (Lipinski definition) is 3. The number of thiocarbonyl (C=S) groups is 1. The molecule has 0 amide bonds. The summed E-state index contributed by atoms with van der Waals surface area (Å²) in [5.41, 5.74) is 3.31. The van der Waals surface area contributed by atoms with Crippen molar-refractivity contribution >= 4 is 23.3 Å². The van der Waals surface area contributed by atoms with Crippen molar-refractivity contribution in [3.05, 3.63) is 77.4 Å². The minimum Gasteiger partial charge on any atom is -0.358 e. The van der Waals surface area contributed by atoms with Crippen LogP contribution in [0.3, 0.4) is 0 Å². The molecule has 0 bridgehead atoms. The van der Waals surface area contributed by atoms with Gasteiger partial charge in [-0.05, 0) is 42.4 Å². The molecule has 1 aromatic heterocycles. The smallest absolute Gasteiger partial charge is 0.248 e. The SMILES string of the molecule is Cc1ccc(CNC(=S)Nc2ncn(Cc3ccc(F)cc3)n2)cc1. The van der Waals surface area contributed by atoms with Gasteiger partial charge in [-0.1, -0.05) is 42.0 Å². The van der Waals surface area contributed by atoms with Crippen LogP contribution in [0.5, 0.6) is 0 Å². The number of rotatable bonds is 5. The van der Waals surface area contributed by atoms with Crippen molar-refractivity contribution in [3.8, 4) is 0 Å². The van der Waals surface area contributed by atoms with Gasteiger partial charge in [0.1, 0.15) is 12.1 Å². The first-order chi connectivity index (χ1) is 12.1. The highest BCUT2D eigenvalue weighted by Crippen LogP contribution is 2.06. The Balaban J connectivity index is 1.51. The number of halogens is 1. The second-order valence-electron chi connectivity index (χ2n) is 5.69. The third kappa shape index (κ3) is 5.09. The highest BCUT2D eigenvalue weighted by molar-refractivity contribution is 7.80. The molecule has 0 aliphatic rings. The molecule has 0 aliphatic carbocycles. The van der Waals surface area contributed by atoms with Gasteiger partial charge in [-0.3, -0.25) is 5.32 Å². The fraction of sp³-hybridized carbons (Fsp3) is 0.167. The lowest BCUT2D eigenvalue weighted by atomic mass is 10.1. The topological polar surface area (TPSA) is 54.8 Å². The third-order valence-electron chi connectivity index (χ3n) is 3.59. The standard InChI is InChI=1S/C18H18FN5S/c1-13-2-4-14(5-3-13)10-20-18(25)22-17-21-12-24(23-17)11-15-6-8-16(19)9-7-15/h2-9,12H,10-11H2,1H3,(H2,20,22,23,25). The van der Waals surface area contributed by atoms with E-state index in [1.807, 2.05) is 0 Å². The van der Waals surface area contributed by atoms with Crippen molar-refractivity contribution in [2.24, 2.45) is 0 Å². The normalized spacial score (nSPS) is 10.5. The molecule has 0 aliphatic heterocycles. The molecule has 0 fully saturated rings. The minimum atomic E-state index is -0.255. The third-order valence-corrected chi connectivity index (χ3v) is 3.84. The van der Waals surface area contributed by atoms with E-state index in [1.54, 1.807) is 23.1 Å². The van der Waals surface area contributed by atoms with Crippen molar-refractivity contribution in [1.82, 2.24) is 20.1 Å². The van der Waals surface area contributed by atoms with Crippen LogP contribution < -0.4 is 10.6 Å². The molecule has 0 atom stereocenters. The second kappa shape index (κ2) is 7.85. The highest BCUT2D eigenvalue weighted by atomic mass is 32.1. The Bertz CT molecular complexity index is 843. The summed E-state index contributed by atoms with van der Waals surface area (Å²) in [6.07, 6.45) is 1.61. The van der Waals surface area contributed by atoms with Gasteiger partial charge in [-0.15, -0.1) is 5.10 Å². The van der Waals surface area contributed by atoms with Crippen LogP contribution in [0, 0.1) is 12.7 Å². The molecule has 128 valence electrons. The van der Waals surface area contributed by atoms with Crippen LogP contribution >= 0.6 is 12.2 Å². The Morgan fingerprint density at radius 2 is 1.76 bits per heavy atom. The molecule has 0 radical (unpaired) electrons. The number of benzene rings is 2. The summed E-state index contributed by atoms with van der Waals surface area (Å²) in [4.78, 5) is 4.18. The second-order valence-corrected chi connectivity index (χ2v) is 6.09. The lowest BCUT2D eigenvalue weighted by molar-refractivity contribution is 0.624. The average Bonchev–Trinajstić information content (AvgIpc) is 3.03. The number of aryl methyl sites for hydroxylation is 1. The van der Waals surface area contributed by atoms with Crippen molar-refractivity contribution in [2.75, 3.05) is 5.32 Å². The number of nitrogens with one attached hydrogen (secondary N) is 2. The predicted molar refractivity (Wildman–Crippen MR) is 99.8 cm³/mol. The van der Waals surface area contributed by atoms with Gasteiger partial charge in [0.2, 0.25) is 5.95 Å². The zero-order chi connectivity index (χ0) is 17.6. The summed E-state index contributed by atoms with van der Waals surface area (Å²) in [6.45, 7) is 3.19. The van der Waals surface area contributed by atoms with Crippen molar-refractivity contribution in [1.29, 1.82) is 0 Å². The van der Waals surface area contributed by atoms with E-state index < -0.39 is 0 Å². The summed E-state index contributed by atoms with van der Waals surface area (Å²) in [5.74, 6) is 0.165. The van der Waals surface area contributed by atoms with E-state index in [9.17, 15) is 4.39 Å². The average molecular weight is 355 g/mol. The highest BCUT2D eigenvalue weighted by Gasteiger charge is 2.04. The number of anilines is 1. The Labute approximate surface area is 150 Å². The molecule has 1 heterocycles. The summed E-state index contributed by atoms with van der Waals surface area (Å²) in [5, 5.41) is 10.8. The summed E-state index contributed by atoms with van der Waals surface area (Å²) >= 11 is 5.26. The van der Waals surface area contributed by atoms with Crippen molar-refractivity contribution < 1.29 is 4.39 Å². The van der Waals surface area contributed by atoms with Gasteiger partial charge in [0.15, 0.2) is 5.11 Å². The van der Waals surface area contributed by atoms with E-state index >= 15 is 0 Å². The molecule has 3 aromatic rings. The molecule has 0 spiro atoms. The molecule has 2 N–H and O–H groups in total. The monoisotopic (exact) mass is 355 g/mol. The Morgan fingerprint density at radius 3 is 2.48 bits per heavy atom. The van der Waals surface area contributed by atoms with Gasteiger partial charge < -0.3 is 5.32 Å². The van der Waals surface area contributed by atoms with Crippen LogP contribution in [0.15, 0.2) is 54.9 Å². The zero-order valence-electron chi connectivity index (χ0n) is 13.7. The fourth-order valence-corrected chi connectivity index (χ4v) is 2.40.